The Labute approximate surface area is 98.8 Å². The standard InChI is InChI=1S/C12H26N2O2/c1-2-8-15-10-11(14-13)6-7-12-5-3-4-9-16-12/h11-12,14H,2-10,13H2,1H3. The Hall–Kier alpha value is -0.160. The summed E-state index contributed by atoms with van der Waals surface area (Å²) in [4.78, 5) is 0. The maximum Gasteiger partial charge on any atom is 0.0633 e. The van der Waals surface area contributed by atoms with Gasteiger partial charge in [0.2, 0.25) is 0 Å². The largest absolute Gasteiger partial charge is 0.380 e. The summed E-state index contributed by atoms with van der Waals surface area (Å²) in [5.74, 6) is 5.50. The van der Waals surface area contributed by atoms with Crippen molar-refractivity contribution in [3.05, 3.63) is 0 Å². The molecule has 3 N–H and O–H groups in total. The summed E-state index contributed by atoms with van der Waals surface area (Å²) in [6, 6.07) is 0.261. The fourth-order valence-corrected chi connectivity index (χ4v) is 2.01. The van der Waals surface area contributed by atoms with Gasteiger partial charge in [-0.3, -0.25) is 11.3 Å². The molecule has 4 nitrogen and oxygen atoms in total. The zero-order chi connectivity index (χ0) is 11.6. The van der Waals surface area contributed by atoms with E-state index in [1.54, 1.807) is 0 Å². The van der Waals surface area contributed by atoms with Crippen molar-refractivity contribution < 1.29 is 9.47 Å². The number of hydrogen-bond donors (Lipinski definition) is 2. The van der Waals surface area contributed by atoms with Crippen LogP contribution in [0, 0.1) is 0 Å². The molecule has 0 saturated carbocycles. The Bertz CT molecular complexity index is 161. The zero-order valence-corrected chi connectivity index (χ0v) is 10.4. The van der Waals surface area contributed by atoms with Crippen molar-refractivity contribution in [3.63, 3.8) is 0 Å². The van der Waals surface area contributed by atoms with Gasteiger partial charge in [-0.2, -0.15) is 0 Å². The van der Waals surface area contributed by atoms with Crippen LogP contribution in [-0.4, -0.2) is 32.0 Å². The molecule has 96 valence electrons. The maximum atomic E-state index is 5.69. The first-order valence-corrected chi connectivity index (χ1v) is 6.52. The Kier molecular flexibility index (Phi) is 7.76. The molecule has 1 saturated heterocycles. The third kappa shape index (κ3) is 5.80. The number of nitrogens with one attached hydrogen (secondary N) is 1. The molecule has 0 aromatic heterocycles. The van der Waals surface area contributed by atoms with Gasteiger partial charge in [-0.25, -0.2) is 0 Å². The fourth-order valence-electron chi connectivity index (χ4n) is 2.01. The normalized spacial score (nSPS) is 23.2. The van der Waals surface area contributed by atoms with Crippen LogP contribution in [0.1, 0.15) is 45.4 Å². The Morgan fingerprint density at radius 1 is 1.50 bits per heavy atom. The van der Waals surface area contributed by atoms with Crippen molar-refractivity contribution in [3.8, 4) is 0 Å². The Morgan fingerprint density at radius 3 is 3.00 bits per heavy atom. The molecule has 2 atom stereocenters. The minimum atomic E-state index is 0.261. The van der Waals surface area contributed by atoms with Crippen LogP contribution in [0.15, 0.2) is 0 Å². The van der Waals surface area contributed by atoms with Crippen molar-refractivity contribution in [1.29, 1.82) is 0 Å². The van der Waals surface area contributed by atoms with Crippen molar-refractivity contribution in [2.75, 3.05) is 19.8 Å². The van der Waals surface area contributed by atoms with Gasteiger partial charge in [0.25, 0.3) is 0 Å². The lowest BCUT2D eigenvalue weighted by molar-refractivity contribution is 0.00603. The van der Waals surface area contributed by atoms with Gasteiger partial charge in [0.1, 0.15) is 0 Å². The van der Waals surface area contributed by atoms with E-state index in [4.69, 9.17) is 15.3 Å². The zero-order valence-electron chi connectivity index (χ0n) is 10.4. The van der Waals surface area contributed by atoms with Crippen molar-refractivity contribution in [1.82, 2.24) is 5.43 Å². The molecule has 0 bridgehead atoms. The fraction of sp³-hybridized carbons (Fsp3) is 1.00. The summed E-state index contributed by atoms with van der Waals surface area (Å²) in [7, 11) is 0. The molecule has 0 aromatic carbocycles. The predicted molar refractivity (Wildman–Crippen MR) is 65.0 cm³/mol. The van der Waals surface area contributed by atoms with Crippen LogP contribution < -0.4 is 11.3 Å². The van der Waals surface area contributed by atoms with Crippen molar-refractivity contribution >= 4 is 0 Å². The molecule has 1 heterocycles. The molecule has 0 amide bonds. The molecule has 4 heteroatoms. The summed E-state index contributed by atoms with van der Waals surface area (Å²) in [5.41, 5.74) is 2.82. The van der Waals surface area contributed by atoms with Crippen LogP contribution in [-0.2, 0) is 9.47 Å². The third-order valence-electron chi connectivity index (χ3n) is 3.01. The second-order valence-corrected chi connectivity index (χ2v) is 4.50. The number of hydrogen-bond acceptors (Lipinski definition) is 4. The monoisotopic (exact) mass is 230 g/mol. The second-order valence-electron chi connectivity index (χ2n) is 4.50. The van der Waals surface area contributed by atoms with Gasteiger partial charge in [-0.1, -0.05) is 6.92 Å². The van der Waals surface area contributed by atoms with Crippen LogP contribution in [0.2, 0.25) is 0 Å². The molecule has 0 aromatic rings. The first kappa shape index (κ1) is 13.9. The van der Waals surface area contributed by atoms with Gasteiger partial charge in [-0.05, 0) is 38.5 Å². The van der Waals surface area contributed by atoms with E-state index in [2.05, 4.69) is 12.3 Å². The summed E-state index contributed by atoms with van der Waals surface area (Å²) < 4.78 is 11.2. The topological polar surface area (TPSA) is 56.5 Å². The average Bonchev–Trinajstić information content (AvgIpc) is 2.35. The van der Waals surface area contributed by atoms with E-state index in [1.165, 1.54) is 19.3 Å². The van der Waals surface area contributed by atoms with Crippen LogP contribution in [0.5, 0.6) is 0 Å². The maximum absolute atomic E-state index is 5.69. The van der Waals surface area contributed by atoms with Crippen LogP contribution in [0.4, 0.5) is 0 Å². The molecule has 1 rings (SSSR count). The van der Waals surface area contributed by atoms with Crippen LogP contribution >= 0.6 is 0 Å². The summed E-state index contributed by atoms with van der Waals surface area (Å²) in [6.07, 6.45) is 7.34. The van der Waals surface area contributed by atoms with E-state index in [1.807, 2.05) is 0 Å². The number of hydrazine groups is 1. The highest BCUT2D eigenvalue weighted by molar-refractivity contribution is 4.69. The Balaban J connectivity index is 2.07. The van der Waals surface area contributed by atoms with Crippen LogP contribution in [0.25, 0.3) is 0 Å². The molecule has 1 fully saturated rings. The Morgan fingerprint density at radius 2 is 2.38 bits per heavy atom. The van der Waals surface area contributed by atoms with Gasteiger partial charge < -0.3 is 9.47 Å². The van der Waals surface area contributed by atoms with E-state index in [9.17, 15) is 0 Å². The lowest BCUT2D eigenvalue weighted by Gasteiger charge is -2.24. The summed E-state index contributed by atoms with van der Waals surface area (Å²) in [5, 5.41) is 0. The van der Waals surface area contributed by atoms with E-state index >= 15 is 0 Å². The number of ether oxygens (including phenoxy) is 2. The molecule has 1 aliphatic rings. The van der Waals surface area contributed by atoms with Gasteiger partial charge in [0.05, 0.1) is 12.7 Å². The quantitative estimate of drug-likeness (QED) is 0.378. The molecule has 0 aliphatic carbocycles. The van der Waals surface area contributed by atoms with Crippen molar-refractivity contribution in [2.45, 2.75) is 57.6 Å². The van der Waals surface area contributed by atoms with Gasteiger partial charge >= 0.3 is 0 Å². The predicted octanol–water partition coefficient (Wildman–Crippen LogP) is 1.59. The average molecular weight is 230 g/mol. The molecule has 2 unspecified atom stereocenters. The minimum Gasteiger partial charge on any atom is -0.380 e. The first-order valence-electron chi connectivity index (χ1n) is 6.52. The first-order chi connectivity index (χ1) is 7.86. The van der Waals surface area contributed by atoms with Crippen LogP contribution in [0.3, 0.4) is 0 Å². The molecule has 0 radical (unpaired) electrons. The molecule has 1 aliphatic heterocycles. The lowest BCUT2D eigenvalue weighted by Crippen LogP contribution is -2.39. The van der Waals surface area contributed by atoms with E-state index in [0.717, 1.165) is 32.5 Å². The summed E-state index contributed by atoms with van der Waals surface area (Å²) >= 11 is 0. The van der Waals surface area contributed by atoms with Gasteiger partial charge in [-0.15, -0.1) is 0 Å². The van der Waals surface area contributed by atoms with E-state index in [0.29, 0.717) is 12.7 Å². The molecule has 16 heavy (non-hydrogen) atoms. The lowest BCUT2D eigenvalue weighted by atomic mass is 10.0. The van der Waals surface area contributed by atoms with E-state index < -0.39 is 0 Å². The van der Waals surface area contributed by atoms with Crippen molar-refractivity contribution in [2.24, 2.45) is 5.84 Å². The highest BCUT2D eigenvalue weighted by Gasteiger charge is 2.16. The van der Waals surface area contributed by atoms with Gasteiger partial charge in [0, 0.05) is 19.3 Å². The second kappa shape index (κ2) is 8.93. The summed E-state index contributed by atoms with van der Waals surface area (Å²) in [6.45, 7) is 4.56. The highest BCUT2D eigenvalue weighted by atomic mass is 16.5. The molecular weight excluding hydrogens is 204 g/mol. The molecular formula is C12H26N2O2. The smallest absolute Gasteiger partial charge is 0.0633 e. The number of nitrogens with two attached hydrogens (primary N) is 1. The van der Waals surface area contributed by atoms with E-state index in [-0.39, 0.29) is 6.04 Å². The van der Waals surface area contributed by atoms with Gasteiger partial charge in [0.15, 0.2) is 0 Å². The highest BCUT2D eigenvalue weighted by Crippen LogP contribution is 2.17. The SMILES string of the molecule is CCCOCC(CCC1CCCCO1)NN. The molecule has 0 spiro atoms. The third-order valence-corrected chi connectivity index (χ3v) is 3.01. The minimum absolute atomic E-state index is 0.261. The number of rotatable bonds is 8.